The molecular formula is C18H28N2O2. The van der Waals surface area contributed by atoms with E-state index in [4.69, 9.17) is 0 Å². The number of allylic oxidation sites excluding steroid dienone is 4. The van der Waals surface area contributed by atoms with Crippen molar-refractivity contribution >= 4 is 11.8 Å². The van der Waals surface area contributed by atoms with E-state index >= 15 is 0 Å². The third kappa shape index (κ3) is 4.72. The number of carbonyl (C=O) groups excluding carboxylic acids is 2. The highest BCUT2D eigenvalue weighted by Crippen LogP contribution is 2.32. The summed E-state index contributed by atoms with van der Waals surface area (Å²) in [6.07, 6.45) is 9.42. The second-order valence-electron chi connectivity index (χ2n) is 6.58. The molecule has 2 N–H and O–H groups in total. The van der Waals surface area contributed by atoms with E-state index in [9.17, 15) is 9.59 Å². The van der Waals surface area contributed by atoms with E-state index < -0.39 is 0 Å². The van der Waals surface area contributed by atoms with Crippen LogP contribution in [0.4, 0.5) is 0 Å². The molecule has 0 radical (unpaired) electrons. The van der Waals surface area contributed by atoms with Gasteiger partial charge in [-0.1, -0.05) is 19.1 Å². The molecule has 2 unspecified atom stereocenters. The maximum absolute atomic E-state index is 12.1. The minimum Gasteiger partial charge on any atom is -0.353 e. The SMILES string of the molecule is CC/C=C\C1=C(C)NC(=O)C(CCC(=O)NC(C)C2CC2)C1. The van der Waals surface area contributed by atoms with E-state index in [0.29, 0.717) is 18.8 Å². The largest absolute Gasteiger partial charge is 0.353 e. The van der Waals surface area contributed by atoms with E-state index in [1.165, 1.54) is 18.4 Å². The number of amides is 2. The summed E-state index contributed by atoms with van der Waals surface area (Å²) in [5, 5.41) is 5.99. The Hall–Kier alpha value is -1.58. The van der Waals surface area contributed by atoms with E-state index in [0.717, 1.165) is 18.5 Å². The second kappa shape index (κ2) is 7.61. The zero-order valence-corrected chi connectivity index (χ0v) is 13.9. The second-order valence-corrected chi connectivity index (χ2v) is 6.58. The Morgan fingerprint density at radius 2 is 2.18 bits per heavy atom. The Balaban J connectivity index is 1.82. The first-order valence-corrected chi connectivity index (χ1v) is 8.47. The van der Waals surface area contributed by atoms with Crippen molar-refractivity contribution in [3.05, 3.63) is 23.4 Å². The van der Waals surface area contributed by atoms with Gasteiger partial charge in [-0.25, -0.2) is 0 Å². The van der Waals surface area contributed by atoms with Gasteiger partial charge in [-0.2, -0.15) is 0 Å². The fourth-order valence-corrected chi connectivity index (χ4v) is 2.91. The van der Waals surface area contributed by atoms with E-state index in [1.807, 2.05) is 6.92 Å². The highest BCUT2D eigenvalue weighted by atomic mass is 16.2. The third-order valence-electron chi connectivity index (χ3n) is 4.62. The zero-order valence-electron chi connectivity index (χ0n) is 13.9. The number of rotatable bonds is 7. The summed E-state index contributed by atoms with van der Waals surface area (Å²) in [4.78, 5) is 24.1. The summed E-state index contributed by atoms with van der Waals surface area (Å²) >= 11 is 0. The maximum Gasteiger partial charge on any atom is 0.227 e. The summed E-state index contributed by atoms with van der Waals surface area (Å²) < 4.78 is 0. The molecule has 122 valence electrons. The molecule has 0 aromatic rings. The van der Waals surface area contributed by atoms with Crippen LogP contribution in [0.5, 0.6) is 0 Å². The van der Waals surface area contributed by atoms with Gasteiger partial charge in [0.15, 0.2) is 0 Å². The molecule has 22 heavy (non-hydrogen) atoms. The minimum atomic E-state index is -0.0952. The lowest BCUT2D eigenvalue weighted by atomic mass is 9.89. The monoisotopic (exact) mass is 304 g/mol. The molecule has 2 amide bonds. The molecule has 1 saturated carbocycles. The summed E-state index contributed by atoms with van der Waals surface area (Å²) in [5.74, 6) is 0.693. The standard InChI is InChI=1S/C18H28N2O2/c1-4-5-6-15-11-16(18(22)20-13(15)3)9-10-17(21)19-12(2)14-7-8-14/h5-6,12,14,16H,4,7-11H2,1-3H3,(H,19,21)(H,20,22)/b6-5-. The van der Waals surface area contributed by atoms with Crippen molar-refractivity contribution < 1.29 is 9.59 Å². The van der Waals surface area contributed by atoms with Gasteiger partial charge in [0.2, 0.25) is 11.8 Å². The van der Waals surface area contributed by atoms with Crippen molar-refractivity contribution in [3.8, 4) is 0 Å². The van der Waals surface area contributed by atoms with Crippen molar-refractivity contribution in [1.82, 2.24) is 10.6 Å². The molecule has 2 rings (SSSR count). The Labute approximate surface area is 133 Å². The Kier molecular flexibility index (Phi) is 5.81. The first kappa shape index (κ1) is 16.8. The zero-order chi connectivity index (χ0) is 16.1. The first-order valence-electron chi connectivity index (χ1n) is 8.47. The van der Waals surface area contributed by atoms with Gasteiger partial charge in [0.1, 0.15) is 0 Å². The van der Waals surface area contributed by atoms with Crippen molar-refractivity contribution in [2.75, 3.05) is 0 Å². The number of hydrogen-bond acceptors (Lipinski definition) is 2. The van der Waals surface area contributed by atoms with Crippen molar-refractivity contribution in [2.24, 2.45) is 11.8 Å². The van der Waals surface area contributed by atoms with Crippen LogP contribution in [-0.2, 0) is 9.59 Å². The van der Waals surface area contributed by atoms with E-state index in [-0.39, 0.29) is 23.8 Å². The molecule has 0 bridgehead atoms. The van der Waals surface area contributed by atoms with Crippen molar-refractivity contribution in [3.63, 3.8) is 0 Å². The molecule has 0 aromatic carbocycles. The molecule has 0 spiro atoms. The van der Waals surface area contributed by atoms with E-state index in [2.05, 4.69) is 36.6 Å². The molecule has 4 heteroatoms. The Bertz CT molecular complexity index is 489. The fraction of sp³-hybridized carbons (Fsp3) is 0.667. The lowest BCUT2D eigenvalue weighted by Crippen LogP contribution is -2.37. The van der Waals surface area contributed by atoms with Crippen LogP contribution in [0.25, 0.3) is 0 Å². The fourth-order valence-electron chi connectivity index (χ4n) is 2.91. The summed E-state index contributed by atoms with van der Waals surface area (Å²) in [5.41, 5.74) is 2.12. The molecule has 0 aromatic heterocycles. The topological polar surface area (TPSA) is 58.2 Å². The molecule has 4 nitrogen and oxygen atoms in total. The normalized spacial score (nSPS) is 23.6. The average molecular weight is 304 g/mol. The molecule has 2 aliphatic rings. The quantitative estimate of drug-likeness (QED) is 0.759. The van der Waals surface area contributed by atoms with Crippen LogP contribution in [0.1, 0.15) is 59.3 Å². The van der Waals surface area contributed by atoms with Gasteiger partial charge in [0.05, 0.1) is 0 Å². The molecule has 0 saturated heterocycles. The predicted octanol–water partition coefficient (Wildman–Crippen LogP) is 3.06. The summed E-state index contributed by atoms with van der Waals surface area (Å²) in [6, 6.07) is 0.276. The number of hydrogen-bond donors (Lipinski definition) is 2. The van der Waals surface area contributed by atoms with Gasteiger partial charge in [-0.15, -0.1) is 0 Å². The Morgan fingerprint density at radius 3 is 2.82 bits per heavy atom. The van der Waals surface area contributed by atoms with Gasteiger partial charge in [0.25, 0.3) is 0 Å². The highest BCUT2D eigenvalue weighted by molar-refractivity contribution is 5.83. The molecule has 1 heterocycles. The summed E-state index contributed by atoms with van der Waals surface area (Å²) in [6.45, 7) is 6.10. The lowest BCUT2D eigenvalue weighted by Gasteiger charge is -2.24. The molecule has 1 aliphatic carbocycles. The Morgan fingerprint density at radius 1 is 1.45 bits per heavy atom. The van der Waals surface area contributed by atoms with Crippen LogP contribution in [-0.4, -0.2) is 17.9 Å². The van der Waals surface area contributed by atoms with Crippen molar-refractivity contribution in [1.29, 1.82) is 0 Å². The smallest absolute Gasteiger partial charge is 0.227 e. The van der Waals surface area contributed by atoms with Gasteiger partial charge in [0, 0.05) is 24.1 Å². The first-order chi connectivity index (χ1) is 10.5. The van der Waals surface area contributed by atoms with Crippen LogP contribution in [0.3, 0.4) is 0 Å². The third-order valence-corrected chi connectivity index (χ3v) is 4.62. The van der Waals surface area contributed by atoms with Crippen LogP contribution in [0, 0.1) is 11.8 Å². The van der Waals surface area contributed by atoms with Gasteiger partial charge in [-0.05, 0) is 57.4 Å². The van der Waals surface area contributed by atoms with Gasteiger partial charge in [-0.3, -0.25) is 9.59 Å². The molecule has 2 atom stereocenters. The predicted molar refractivity (Wildman–Crippen MR) is 87.9 cm³/mol. The molecular weight excluding hydrogens is 276 g/mol. The maximum atomic E-state index is 12.1. The average Bonchev–Trinajstić information content (AvgIpc) is 3.30. The van der Waals surface area contributed by atoms with Gasteiger partial charge >= 0.3 is 0 Å². The minimum absolute atomic E-state index is 0.0502. The number of nitrogens with one attached hydrogen (secondary N) is 2. The van der Waals surface area contributed by atoms with Crippen molar-refractivity contribution in [2.45, 2.75) is 65.3 Å². The van der Waals surface area contributed by atoms with Crippen LogP contribution in [0.2, 0.25) is 0 Å². The lowest BCUT2D eigenvalue weighted by molar-refractivity contribution is -0.126. The molecule has 1 aliphatic heterocycles. The summed E-state index contributed by atoms with van der Waals surface area (Å²) in [7, 11) is 0. The van der Waals surface area contributed by atoms with Crippen LogP contribution >= 0.6 is 0 Å². The van der Waals surface area contributed by atoms with E-state index in [1.54, 1.807) is 0 Å². The highest BCUT2D eigenvalue weighted by Gasteiger charge is 2.30. The van der Waals surface area contributed by atoms with Crippen LogP contribution < -0.4 is 10.6 Å². The van der Waals surface area contributed by atoms with Crippen LogP contribution in [0.15, 0.2) is 23.4 Å². The van der Waals surface area contributed by atoms with Gasteiger partial charge < -0.3 is 10.6 Å². The number of carbonyl (C=O) groups is 2. The molecule has 1 fully saturated rings.